The van der Waals surface area contributed by atoms with Crippen LogP contribution in [-0.4, -0.2) is 55.2 Å². The van der Waals surface area contributed by atoms with E-state index < -0.39 is 0 Å². The highest BCUT2D eigenvalue weighted by Gasteiger charge is 2.19. The molecule has 0 spiro atoms. The molecule has 1 N–H and O–H groups in total. The van der Waals surface area contributed by atoms with E-state index >= 15 is 0 Å². The Kier molecular flexibility index (Phi) is 5.23. The van der Waals surface area contributed by atoms with Crippen LogP contribution in [0.4, 0.5) is 28.8 Å². The van der Waals surface area contributed by atoms with Crippen LogP contribution in [0.2, 0.25) is 0 Å². The van der Waals surface area contributed by atoms with Crippen LogP contribution in [0, 0.1) is 0 Å². The molecule has 144 valence electrons. The zero-order valence-corrected chi connectivity index (χ0v) is 16.3. The molecule has 7 nitrogen and oxygen atoms in total. The zero-order chi connectivity index (χ0) is 19.3. The molecule has 1 aromatic carbocycles. The Balaban J connectivity index is 1.40. The van der Waals surface area contributed by atoms with Crippen LogP contribution in [0.3, 0.4) is 0 Å². The Bertz CT molecular complexity index is 888. The molecule has 0 radical (unpaired) electrons. The molecule has 0 amide bonds. The van der Waals surface area contributed by atoms with Crippen molar-refractivity contribution in [1.82, 2.24) is 15.0 Å². The second-order valence-electron chi connectivity index (χ2n) is 6.99. The summed E-state index contributed by atoms with van der Waals surface area (Å²) >= 11 is 0. The highest BCUT2D eigenvalue weighted by Crippen LogP contribution is 2.22. The number of hydrogen-bond acceptors (Lipinski definition) is 7. The van der Waals surface area contributed by atoms with E-state index in [-0.39, 0.29) is 0 Å². The van der Waals surface area contributed by atoms with Gasteiger partial charge in [0, 0.05) is 63.9 Å². The summed E-state index contributed by atoms with van der Waals surface area (Å²) in [5.74, 6) is 2.78. The van der Waals surface area contributed by atoms with Gasteiger partial charge in [-0.2, -0.15) is 0 Å². The fourth-order valence-electron chi connectivity index (χ4n) is 3.28. The van der Waals surface area contributed by atoms with Crippen molar-refractivity contribution >= 4 is 28.8 Å². The molecule has 0 atom stereocenters. The Morgan fingerprint density at radius 1 is 0.821 bits per heavy atom. The fraction of sp³-hybridized carbons (Fsp3) is 0.286. The van der Waals surface area contributed by atoms with Gasteiger partial charge in [0.2, 0.25) is 0 Å². The highest BCUT2D eigenvalue weighted by molar-refractivity contribution is 5.62. The van der Waals surface area contributed by atoms with E-state index in [1.54, 1.807) is 6.33 Å². The smallest absolute Gasteiger partial charge is 0.135 e. The summed E-state index contributed by atoms with van der Waals surface area (Å²) in [6, 6.07) is 16.3. The molecule has 7 heteroatoms. The highest BCUT2D eigenvalue weighted by atomic mass is 15.3. The molecule has 4 rings (SSSR count). The second kappa shape index (κ2) is 8.12. The lowest BCUT2D eigenvalue weighted by atomic mass is 10.2. The maximum atomic E-state index is 4.47. The van der Waals surface area contributed by atoms with Crippen LogP contribution in [-0.2, 0) is 0 Å². The molecule has 3 aromatic rings. The first-order valence-electron chi connectivity index (χ1n) is 9.46. The zero-order valence-electron chi connectivity index (χ0n) is 16.3. The van der Waals surface area contributed by atoms with E-state index in [2.05, 4.69) is 65.3 Å². The van der Waals surface area contributed by atoms with Crippen LogP contribution < -0.4 is 20.0 Å². The lowest BCUT2D eigenvalue weighted by Gasteiger charge is -2.36. The SMILES string of the molecule is CN(C)c1ccc(Nc2cc(N3CCN(c4ccccn4)CC3)ncn2)cc1. The summed E-state index contributed by atoms with van der Waals surface area (Å²) < 4.78 is 0. The Morgan fingerprint density at radius 3 is 2.18 bits per heavy atom. The van der Waals surface area contributed by atoms with Crippen molar-refractivity contribution in [2.45, 2.75) is 0 Å². The molecule has 1 aliphatic heterocycles. The third-order valence-electron chi connectivity index (χ3n) is 4.89. The molecule has 1 aliphatic rings. The topological polar surface area (TPSA) is 60.4 Å². The van der Waals surface area contributed by atoms with Crippen LogP contribution in [0.25, 0.3) is 0 Å². The van der Waals surface area contributed by atoms with E-state index in [0.717, 1.165) is 49.3 Å². The van der Waals surface area contributed by atoms with Gasteiger partial charge in [-0.1, -0.05) is 6.07 Å². The number of nitrogens with zero attached hydrogens (tertiary/aromatic N) is 6. The summed E-state index contributed by atoms with van der Waals surface area (Å²) in [5.41, 5.74) is 2.18. The van der Waals surface area contributed by atoms with Gasteiger partial charge in [0.05, 0.1) is 0 Å². The molecule has 3 heterocycles. The van der Waals surface area contributed by atoms with Crippen molar-refractivity contribution < 1.29 is 0 Å². The van der Waals surface area contributed by atoms with Crippen molar-refractivity contribution in [3.63, 3.8) is 0 Å². The minimum atomic E-state index is 0.801. The quantitative estimate of drug-likeness (QED) is 0.735. The van der Waals surface area contributed by atoms with Crippen LogP contribution in [0.5, 0.6) is 0 Å². The first-order valence-corrected chi connectivity index (χ1v) is 9.46. The lowest BCUT2D eigenvalue weighted by molar-refractivity contribution is 0.641. The number of nitrogens with one attached hydrogen (secondary N) is 1. The van der Waals surface area contributed by atoms with Crippen molar-refractivity contribution in [3.8, 4) is 0 Å². The number of rotatable bonds is 5. The van der Waals surface area contributed by atoms with Crippen molar-refractivity contribution in [3.05, 3.63) is 61.1 Å². The molecular weight excluding hydrogens is 350 g/mol. The monoisotopic (exact) mass is 375 g/mol. The van der Waals surface area contributed by atoms with Gasteiger partial charge in [0.25, 0.3) is 0 Å². The number of piperazine rings is 1. The molecule has 28 heavy (non-hydrogen) atoms. The van der Waals surface area contributed by atoms with Crippen molar-refractivity contribution in [2.75, 3.05) is 60.3 Å². The van der Waals surface area contributed by atoms with Crippen LogP contribution in [0.1, 0.15) is 0 Å². The van der Waals surface area contributed by atoms with Gasteiger partial charge < -0.3 is 20.0 Å². The number of anilines is 5. The minimum absolute atomic E-state index is 0.801. The molecular formula is C21H25N7. The summed E-state index contributed by atoms with van der Waals surface area (Å²) in [7, 11) is 4.07. The predicted molar refractivity (Wildman–Crippen MR) is 115 cm³/mol. The van der Waals surface area contributed by atoms with Crippen LogP contribution >= 0.6 is 0 Å². The summed E-state index contributed by atoms with van der Waals surface area (Å²) in [6.45, 7) is 3.67. The predicted octanol–water partition coefficient (Wildman–Crippen LogP) is 3.01. The number of aromatic nitrogens is 3. The van der Waals surface area contributed by atoms with Crippen molar-refractivity contribution in [1.29, 1.82) is 0 Å². The first-order chi connectivity index (χ1) is 13.7. The normalized spacial score (nSPS) is 14.1. The molecule has 0 bridgehead atoms. The van der Waals surface area contributed by atoms with Gasteiger partial charge in [-0.3, -0.25) is 0 Å². The Morgan fingerprint density at radius 2 is 1.54 bits per heavy atom. The standard InChI is InChI=1S/C21H25N7/c1-26(2)18-8-6-17(7-9-18)25-19-15-21(24-16-23-19)28-13-11-27(12-14-28)20-5-3-4-10-22-20/h3-10,15-16H,11-14H2,1-2H3,(H,23,24,25). The largest absolute Gasteiger partial charge is 0.378 e. The first kappa shape index (κ1) is 18.0. The third kappa shape index (κ3) is 4.14. The molecule has 1 saturated heterocycles. The second-order valence-corrected chi connectivity index (χ2v) is 6.99. The number of pyridine rings is 1. The van der Waals surface area contributed by atoms with E-state index in [9.17, 15) is 0 Å². The lowest BCUT2D eigenvalue weighted by Crippen LogP contribution is -2.47. The van der Waals surface area contributed by atoms with Gasteiger partial charge in [0.15, 0.2) is 0 Å². The van der Waals surface area contributed by atoms with E-state index in [1.807, 2.05) is 38.5 Å². The molecule has 1 fully saturated rings. The van der Waals surface area contributed by atoms with Gasteiger partial charge in [-0.25, -0.2) is 15.0 Å². The summed E-state index contributed by atoms with van der Waals surface area (Å²) in [5, 5.41) is 3.37. The fourth-order valence-corrected chi connectivity index (χ4v) is 3.28. The average molecular weight is 375 g/mol. The Labute approximate surface area is 165 Å². The van der Waals surface area contributed by atoms with Gasteiger partial charge in [0.1, 0.15) is 23.8 Å². The van der Waals surface area contributed by atoms with Crippen molar-refractivity contribution in [2.24, 2.45) is 0 Å². The van der Waals surface area contributed by atoms with E-state index in [4.69, 9.17) is 0 Å². The molecule has 0 saturated carbocycles. The molecule has 0 unspecified atom stereocenters. The molecule has 0 aliphatic carbocycles. The summed E-state index contributed by atoms with van der Waals surface area (Å²) in [4.78, 5) is 20.0. The van der Waals surface area contributed by atoms with E-state index in [1.165, 1.54) is 5.69 Å². The Hall–Kier alpha value is -3.35. The summed E-state index contributed by atoms with van der Waals surface area (Å²) in [6.07, 6.45) is 3.46. The average Bonchev–Trinajstić information content (AvgIpc) is 2.75. The maximum Gasteiger partial charge on any atom is 0.135 e. The van der Waals surface area contributed by atoms with Gasteiger partial charge in [-0.15, -0.1) is 0 Å². The van der Waals surface area contributed by atoms with E-state index in [0.29, 0.717) is 0 Å². The maximum absolute atomic E-state index is 4.47. The third-order valence-corrected chi connectivity index (χ3v) is 4.89. The number of benzene rings is 1. The van der Waals surface area contributed by atoms with Crippen LogP contribution in [0.15, 0.2) is 61.1 Å². The molecule has 2 aromatic heterocycles. The van der Waals surface area contributed by atoms with Gasteiger partial charge >= 0.3 is 0 Å². The number of hydrogen-bond donors (Lipinski definition) is 1. The van der Waals surface area contributed by atoms with Gasteiger partial charge in [-0.05, 0) is 36.4 Å². The minimum Gasteiger partial charge on any atom is -0.378 e.